The molecule has 6 heteroatoms. The number of carbonyl (C=O) groups is 1. The highest BCUT2D eigenvalue weighted by Crippen LogP contribution is 2.21. The maximum absolute atomic E-state index is 11.8. The zero-order valence-corrected chi connectivity index (χ0v) is 12.3. The van der Waals surface area contributed by atoms with E-state index in [0.29, 0.717) is 25.3 Å². The molecule has 0 saturated carbocycles. The lowest BCUT2D eigenvalue weighted by Crippen LogP contribution is -2.31. The minimum absolute atomic E-state index is 0.0714. The van der Waals surface area contributed by atoms with Crippen molar-refractivity contribution in [1.29, 1.82) is 0 Å². The molecule has 1 aromatic heterocycles. The third-order valence-electron chi connectivity index (χ3n) is 3.04. The Morgan fingerprint density at radius 3 is 2.58 bits per heavy atom. The maximum atomic E-state index is 11.8. The topological polar surface area (TPSA) is 77.2 Å². The molecule has 19 heavy (non-hydrogen) atoms. The third-order valence-corrected chi connectivity index (χ3v) is 3.04. The van der Waals surface area contributed by atoms with E-state index in [-0.39, 0.29) is 11.6 Å². The summed E-state index contributed by atoms with van der Waals surface area (Å²) in [5, 5.41) is 18.0. The lowest BCUT2D eigenvalue weighted by atomic mass is 10.0. The van der Waals surface area contributed by atoms with Gasteiger partial charge in [-0.05, 0) is 26.2 Å². The molecule has 0 aliphatic carbocycles. The predicted molar refractivity (Wildman–Crippen MR) is 71.0 cm³/mol. The number of nitrogens with zero attached hydrogens (tertiary/aromatic N) is 3. The van der Waals surface area contributed by atoms with E-state index < -0.39 is 11.6 Å². The molecule has 1 unspecified atom stereocenters. The zero-order chi connectivity index (χ0) is 14.6. The second-order valence-corrected chi connectivity index (χ2v) is 5.21. The van der Waals surface area contributed by atoms with Gasteiger partial charge >= 0.3 is 5.97 Å². The highest BCUT2D eigenvalue weighted by atomic mass is 16.5. The van der Waals surface area contributed by atoms with Crippen LogP contribution in [-0.2, 0) is 11.3 Å². The van der Waals surface area contributed by atoms with Gasteiger partial charge in [-0.1, -0.05) is 26.0 Å². The molecule has 0 aliphatic heterocycles. The second kappa shape index (κ2) is 6.14. The van der Waals surface area contributed by atoms with Gasteiger partial charge < -0.3 is 9.84 Å². The first-order valence-corrected chi connectivity index (χ1v) is 6.65. The Labute approximate surface area is 113 Å². The summed E-state index contributed by atoms with van der Waals surface area (Å²) < 4.78 is 6.57. The number of ether oxygens (including phenoxy) is 1. The third kappa shape index (κ3) is 3.76. The van der Waals surface area contributed by atoms with Crippen molar-refractivity contribution < 1.29 is 14.6 Å². The van der Waals surface area contributed by atoms with Crippen molar-refractivity contribution in [2.45, 2.75) is 59.1 Å². The summed E-state index contributed by atoms with van der Waals surface area (Å²) in [6.45, 7) is 9.91. The molecule has 0 saturated heterocycles. The minimum atomic E-state index is -0.872. The maximum Gasteiger partial charge on any atom is 0.360 e. The number of aromatic nitrogens is 3. The molecule has 1 atom stereocenters. The van der Waals surface area contributed by atoms with E-state index in [2.05, 4.69) is 10.3 Å². The molecular formula is C13H23N3O3. The van der Waals surface area contributed by atoms with Gasteiger partial charge in [0.2, 0.25) is 0 Å². The molecule has 0 amide bonds. The van der Waals surface area contributed by atoms with Crippen LogP contribution < -0.4 is 0 Å². The number of aliphatic hydroxyl groups is 1. The lowest BCUT2D eigenvalue weighted by Gasteiger charge is -2.22. The fourth-order valence-corrected chi connectivity index (χ4v) is 1.79. The van der Waals surface area contributed by atoms with E-state index in [4.69, 9.17) is 4.74 Å². The monoisotopic (exact) mass is 269 g/mol. The molecule has 1 heterocycles. The first kappa shape index (κ1) is 15.6. The van der Waals surface area contributed by atoms with Crippen LogP contribution in [0.25, 0.3) is 0 Å². The summed E-state index contributed by atoms with van der Waals surface area (Å²) >= 11 is 0. The van der Waals surface area contributed by atoms with Gasteiger partial charge in [0.15, 0.2) is 5.69 Å². The van der Waals surface area contributed by atoms with E-state index in [0.717, 1.165) is 0 Å². The smallest absolute Gasteiger partial charge is 0.360 e. The van der Waals surface area contributed by atoms with Crippen LogP contribution in [0.5, 0.6) is 0 Å². The van der Waals surface area contributed by atoms with Crippen molar-refractivity contribution in [3.05, 3.63) is 11.4 Å². The Bertz CT molecular complexity index is 438. The standard InChI is InChI=1S/C13H23N3O3/c1-6-13(5,18)8-16-11(9(3)4)10(14-15-16)12(17)19-7-2/h9,18H,6-8H2,1-5H3. The molecule has 0 fully saturated rings. The van der Waals surface area contributed by atoms with Crippen LogP contribution >= 0.6 is 0 Å². The molecule has 108 valence electrons. The molecule has 6 nitrogen and oxygen atoms in total. The Kier molecular flexibility index (Phi) is 5.05. The largest absolute Gasteiger partial charge is 0.461 e. The van der Waals surface area contributed by atoms with Gasteiger partial charge in [0, 0.05) is 0 Å². The highest BCUT2D eigenvalue weighted by molar-refractivity contribution is 5.88. The van der Waals surface area contributed by atoms with Gasteiger partial charge in [-0.25, -0.2) is 9.48 Å². The van der Waals surface area contributed by atoms with Crippen LogP contribution in [0.4, 0.5) is 0 Å². The van der Waals surface area contributed by atoms with Gasteiger partial charge in [-0.2, -0.15) is 0 Å². The van der Waals surface area contributed by atoms with Crippen molar-refractivity contribution in [2.75, 3.05) is 6.61 Å². The van der Waals surface area contributed by atoms with Gasteiger partial charge in [0.05, 0.1) is 24.4 Å². The number of hydrogen-bond acceptors (Lipinski definition) is 5. The van der Waals surface area contributed by atoms with Crippen molar-refractivity contribution in [2.24, 2.45) is 0 Å². The van der Waals surface area contributed by atoms with E-state index in [1.54, 1.807) is 18.5 Å². The molecule has 1 rings (SSSR count). The molecule has 0 aliphatic rings. The van der Waals surface area contributed by atoms with Gasteiger partial charge in [-0.15, -0.1) is 5.10 Å². The fraction of sp³-hybridized carbons (Fsp3) is 0.769. The van der Waals surface area contributed by atoms with Crippen LogP contribution in [0.2, 0.25) is 0 Å². The average molecular weight is 269 g/mol. The van der Waals surface area contributed by atoms with Crippen molar-refractivity contribution >= 4 is 5.97 Å². The summed E-state index contributed by atoms with van der Waals surface area (Å²) in [7, 11) is 0. The molecule has 0 bridgehead atoms. The summed E-state index contributed by atoms with van der Waals surface area (Å²) in [5.74, 6) is -0.393. The first-order chi connectivity index (χ1) is 8.82. The van der Waals surface area contributed by atoms with Gasteiger partial charge in [-0.3, -0.25) is 0 Å². The Morgan fingerprint density at radius 2 is 2.11 bits per heavy atom. The second-order valence-electron chi connectivity index (χ2n) is 5.21. The first-order valence-electron chi connectivity index (χ1n) is 6.65. The summed E-state index contributed by atoms with van der Waals surface area (Å²) in [4.78, 5) is 11.8. The van der Waals surface area contributed by atoms with Crippen LogP contribution in [-0.4, -0.2) is 38.3 Å². The fourth-order valence-electron chi connectivity index (χ4n) is 1.79. The van der Waals surface area contributed by atoms with Crippen LogP contribution in [0.15, 0.2) is 0 Å². The molecule has 1 N–H and O–H groups in total. The molecule has 0 aromatic carbocycles. The van der Waals surface area contributed by atoms with Crippen molar-refractivity contribution in [3.63, 3.8) is 0 Å². The Hall–Kier alpha value is -1.43. The van der Waals surface area contributed by atoms with E-state index in [1.807, 2.05) is 20.8 Å². The number of carbonyl (C=O) groups excluding carboxylic acids is 1. The van der Waals surface area contributed by atoms with Gasteiger partial charge in [0.25, 0.3) is 0 Å². The summed E-state index contributed by atoms with van der Waals surface area (Å²) in [5.41, 5.74) is 0.0689. The predicted octanol–water partition coefficient (Wildman–Crippen LogP) is 1.74. The van der Waals surface area contributed by atoms with Crippen molar-refractivity contribution in [3.8, 4) is 0 Å². The molecule has 0 spiro atoms. The quantitative estimate of drug-likeness (QED) is 0.796. The van der Waals surface area contributed by atoms with Crippen LogP contribution in [0.3, 0.4) is 0 Å². The summed E-state index contributed by atoms with van der Waals surface area (Å²) in [6.07, 6.45) is 0.596. The number of esters is 1. The number of rotatable bonds is 6. The van der Waals surface area contributed by atoms with Crippen LogP contribution in [0, 0.1) is 0 Å². The lowest BCUT2D eigenvalue weighted by molar-refractivity contribution is 0.0327. The molecular weight excluding hydrogens is 246 g/mol. The molecule has 0 radical (unpaired) electrons. The van der Waals surface area contributed by atoms with Crippen LogP contribution in [0.1, 0.15) is 63.1 Å². The van der Waals surface area contributed by atoms with E-state index in [9.17, 15) is 9.90 Å². The van der Waals surface area contributed by atoms with Gasteiger partial charge in [0.1, 0.15) is 0 Å². The highest BCUT2D eigenvalue weighted by Gasteiger charge is 2.27. The Morgan fingerprint density at radius 1 is 1.47 bits per heavy atom. The number of hydrogen-bond donors (Lipinski definition) is 1. The Balaban J connectivity index is 3.10. The zero-order valence-electron chi connectivity index (χ0n) is 12.3. The SMILES string of the molecule is CCOC(=O)c1nnn(CC(C)(O)CC)c1C(C)C. The van der Waals surface area contributed by atoms with E-state index in [1.165, 1.54) is 0 Å². The minimum Gasteiger partial charge on any atom is -0.461 e. The summed E-state index contributed by atoms with van der Waals surface area (Å²) in [6, 6.07) is 0. The average Bonchev–Trinajstić information content (AvgIpc) is 2.72. The normalized spacial score (nSPS) is 14.5. The van der Waals surface area contributed by atoms with Crippen molar-refractivity contribution in [1.82, 2.24) is 15.0 Å². The van der Waals surface area contributed by atoms with E-state index >= 15 is 0 Å². The molecule has 1 aromatic rings.